The molecule has 2 heterocycles. The van der Waals surface area contributed by atoms with Crippen LogP contribution in [0.1, 0.15) is 87.3 Å². The zero-order valence-electron chi connectivity index (χ0n) is 19.4. The number of Topliss-reactive ketones (excluding diaryl/α,β-unsaturated/α-hetero) is 2. The summed E-state index contributed by atoms with van der Waals surface area (Å²) < 4.78 is 12.2. The van der Waals surface area contributed by atoms with Crippen LogP contribution in [0.3, 0.4) is 0 Å². The average molecular weight is 472 g/mol. The maximum Gasteiger partial charge on any atom is 0.340 e. The second kappa shape index (κ2) is 8.27. The van der Waals surface area contributed by atoms with Gasteiger partial charge in [0.15, 0.2) is 17.2 Å². The number of esters is 1. The van der Waals surface area contributed by atoms with Crippen LogP contribution in [-0.4, -0.2) is 27.7 Å². The summed E-state index contributed by atoms with van der Waals surface area (Å²) in [6, 6.07) is 12.5. The van der Waals surface area contributed by atoms with Gasteiger partial charge in [0.05, 0.1) is 16.7 Å². The molecule has 0 fully saturated rings. The molecule has 0 aliphatic carbocycles. The number of aromatic hydroxyl groups is 2. The topological polar surface area (TPSA) is 110 Å². The van der Waals surface area contributed by atoms with Gasteiger partial charge in [0.25, 0.3) is 0 Å². The Morgan fingerprint density at radius 1 is 0.857 bits per heavy atom. The first-order valence-corrected chi connectivity index (χ1v) is 11.6. The quantitative estimate of drug-likeness (QED) is 0.353. The van der Waals surface area contributed by atoms with Crippen molar-refractivity contribution in [3.8, 4) is 23.0 Å². The Morgan fingerprint density at radius 2 is 1.54 bits per heavy atom. The van der Waals surface area contributed by atoms with E-state index in [1.807, 2.05) is 13.8 Å². The van der Waals surface area contributed by atoms with E-state index in [9.17, 15) is 24.6 Å². The molecule has 0 bridgehead atoms. The lowest BCUT2D eigenvalue weighted by molar-refractivity contribution is 0.0220. The van der Waals surface area contributed by atoms with E-state index in [2.05, 4.69) is 0 Å². The SMILES string of the molecule is CCCC(=O)c1c(O)cc2c(c1C(=O)CCC)C1(OC(=O)c3ccccc31)c1ccc(O)cc1O2. The van der Waals surface area contributed by atoms with Crippen molar-refractivity contribution in [2.24, 2.45) is 0 Å². The molecule has 1 unspecified atom stereocenters. The molecule has 5 rings (SSSR count). The first-order chi connectivity index (χ1) is 16.8. The van der Waals surface area contributed by atoms with Gasteiger partial charge in [-0.15, -0.1) is 0 Å². The zero-order chi connectivity index (χ0) is 24.9. The van der Waals surface area contributed by atoms with E-state index in [4.69, 9.17) is 9.47 Å². The van der Waals surface area contributed by atoms with Crippen LogP contribution in [0.4, 0.5) is 0 Å². The highest BCUT2D eigenvalue weighted by molar-refractivity contribution is 6.13. The molecule has 0 amide bonds. The van der Waals surface area contributed by atoms with Crippen LogP contribution >= 0.6 is 0 Å². The molecule has 7 nitrogen and oxygen atoms in total. The van der Waals surface area contributed by atoms with Gasteiger partial charge in [0.2, 0.25) is 0 Å². The predicted octanol–water partition coefficient (Wildman–Crippen LogP) is 5.63. The van der Waals surface area contributed by atoms with Gasteiger partial charge in [-0.2, -0.15) is 0 Å². The summed E-state index contributed by atoms with van der Waals surface area (Å²) in [5, 5.41) is 21.1. The van der Waals surface area contributed by atoms with Crippen LogP contribution in [0.5, 0.6) is 23.0 Å². The van der Waals surface area contributed by atoms with Crippen LogP contribution < -0.4 is 4.74 Å². The third-order valence-corrected chi connectivity index (χ3v) is 6.47. The van der Waals surface area contributed by atoms with Crippen molar-refractivity contribution in [3.05, 3.63) is 81.9 Å². The molecular formula is C28H24O7. The molecule has 0 saturated heterocycles. The Morgan fingerprint density at radius 3 is 2.26 bits per heavy atom. The molecule has 2 aliphatic heterocycles. The lowest BCUT2D eigenvalue weighted by Crippen LogP contribution is -2.35. The molecule has 3 aromatic carbocycles. The number of benzene rings is 3. The van der Waals surface area contributed by atoms with Crippen molar-refractivity contribution in [3.63, 3.8) is 0 Å². The zero-order valence-corrected chi connectivity index (χ0v) is 19.4. The molecule has 1 atom stereocenters. The van der Waals surface area contributed by atoms with E-state index < -0.39 is 11.6 Å². The first-order valence-electron chi connectivity index (χ1n) is 11.6. The fourth-order valence-electron chi connectivity index (χ4n) is 5.08. The Labute approximate surface area is 201 Å². The fraction of sp³-hybridized carbons (Fsp3) is 0.250. The minimum atomic E-state index is -1.60. The third kappa shape index (κ3) is 3.22. The maximum absolute atomic E-state index is 13.6. The minimum absolute atomic E-state index is 0.00327. The third-order valence-electron chi connectivity index (χ3n) is 6.47. The highest BCUT2D eigenvalue weighted by Crippen LogP contribution is 2.59. The maximum atomic E-state index is 13.6. The van der Waals surface area contributed by atoms with Crippen molar-refractivity contribution in [2.75, 3.05) is 0 Å². The van der Waals surface area contributed by atoms with Crippen LogP contribution in [0, 0.1) is 0 Å². The van der Waals surface area contributed by atoms with Crippen LogP contribution in [-0.2, 0) is 10.3 Å². The van der Waals surface area contributed by atoms with Crippen molar-refractivity contribution in [1.29, 1.82) is 0 Å². The molecule has 0 aromatic heterocycles. The van der Waals surface area contributed by atoms with Crippen LogP contribution in [0.15, 0.2) is 48.5 Å². The summed E-state index contributed by atoms with van der Waals surface area (Å²) in [6.07, 6.45) is 1.29. The summed E-state index contributed by atoms with van der Waals surface area (Å²) in [6.45, 7) is 3.68. The second-order valence-electron chi connectivity index (χ2n) is 8.76. The van der Waals surface area contributed by atoms with E-state index in [0.29, 0.717) is 29.5 Å². The Kier molecular flexibility index (Phi) is 5.35. The standard InChI is InChI=1S/C28H24O7/c1-3-7-19(30)24-21(32)14-23-26(25(24)20(31)8-4-2)28(18-12-11-15(29)13-22(18)34-23)17-10-6-5-9-16(17)27(33)35-28/h5-6,9-14,29,32H,3-4,7-8H2,1-2H3. The minimum Gasteiger partial charge on any atom is -0.508 e. The Hall–Kier alpha value is -4.13. The van der Waals surface area contributed by atoms with Gasteiger partial charge < -0.3 is 19.7 Å². The van der Waals surface area contributed by atoms with Crippen molar-refractivity contribution in [2.45, 2.75) is 45.1 Å². The number of carbonyl (C=O) groups excluding carboxylic acids is 3. The van der Waals surface area contributed by atoms with E-state index >= 15 is 0 Å². The van der Waals surface area contributed by atoms with Gasteiger partial charge in [-0.05, 0) is 31.0 Å². The molecule has 178 valence electrons. The molecule has 7 heteroatoms. The molecule has 0 saturated carbocycles. The normalized spacial score (nSPS) is 17.3. The lowest BCUT2D eigenvalue weighted by atomic mass is 9.73. The summed E-state index contributed by atoms with van der Waals surface area (Å²) in [4.78, 5) is 39.9. The number of rotatable bonds is 6. The number of fused-ring (bicyclic) bond motifs is 6. The average Bonchev–Trinajstić information content (AvgIpc) is 3.11. The molecule has 2 N–H and O–H groups in total. The largest absolute Gasteiger partial charge is 0.508 e. The van der Waals surface area contributed by atoms with Gasteiger partial charge >= 0.3 is 5.97 Å². The molecule has 35 heavy (non-hydrogen) atoms. The highest BCUT2D eigenvalue weighted by Gasteiger charge is 2.56. The van der Waals surface area contributed by atoms with Gasteiger partial charge in [0.1, 0.15) is 23.0 Å². The fourth-order valence-corrected chi connectivity index (χ4v) is 5.08. The van der Waals surface area contributed by atoms with Gasteiger partial charge in [0, 0.05) is 41.7 Å². The number of hydrogen-bond acceptors (Lipinski definition) is 7. The van der Waals surface area contributed by atoms with E-state index in [1.165, 1.54) is 18.2 Å². The molecular weight excluding hydrogens is 448 g/mol. The summed E-state index contributed by atoms with van der Waals surface area (Å²) in [7, 11) is 0. The first kappa shape index (κ1) is 22.7. The molecule has 0 radical (unpaired) electrons. The van der Waals surface area contributed by atoms with Crippen LogP contribution in [0.2, 0.25) is 0 Å². The van der Waals surface area contributed by atoms with Gasteiger partial charge in [-0.3, -0.25) is 9.59 Å². The number of phenols is 2. The lowest BCUT2D eigenvalue weighted by Gasteiger charge is -2.38. The smallest absolute Gasteiger partial charge is 0.340 e. The van der Waals surface area contributed by atoms with Crippen molar-refractivity contribution in [1.82, 2.24) is 0 Å². The summed E-state index contributed by atoms with van der Waals surface area (Å²) in [5.41, 5.74) is -0.249. The molecule has 3 aromatic rings. The number of ether oxygens (including phenoxy) is 2. The number of ketones is 2. The number of phenolic OH excluding ortho intramolecular Hbond substituents is 2. The number of carbonyl (C=O) groups is 3. The monoisotopic (exact) mass is 472 g/mol. The Balaban J connectivity index is 1.95. The van der Waals surface area contributed by atoms with Gasteiger partial charge in [-0.25, -0.2) is 4.79 Å². The van der Waals surface area contributed by atoms with Crippen molar-refractivity contribution < 1.29 is 34.1 Å². The van der Waals surface area contributed by atoms with E-state index in [-0.39, 0.29) is 64.1 Å². The number of hydrogen-bond donors (Lipinski definition) is 2. The van der Waals surface area contributed by atoms with E-state index in [0.717, 1.165) is 0 Å². The Bertz CT molecular complexity index is 1400. The van der Waals surface area contributed by atoms with Crippen molar-refractivity contribution >= 4 is 17.5 Å². The second-order valence-corrected chi connectivity index (χ2v) is 8.76. The summed E-state index contributed by atoms with van der Waals surface area (Å²) in [5.74, 6) is -1.48. The highest BCUT2D eigenvalue weighted by atomic mass is 16.6. The van der Waals surface area contributed by atoms with E-state index in [1.54, 1.807) is 30.3 Å². The van der Waals surface area contributed by atoms with Crippen LogP contribution in [0.25, 0.3) is 0 Å². The molecule has 2 aliphatic rings. The molecule has 1 spiro atoms. The predicted molar refractivity (Wildman–Crippen MR) is 127 cm³/mol. The van der Waals surface area contributed by atoms with Gasteiger partial charge in [-0.1, -0.05) is 32.0 Å². The summed E-state index contributed by atoms with van der Waals surface area (Å²) >= 11 is 0.